The molecule has 112 valence electrons. The quantitative estimate of drug-likeness (QED) is 0.685. The van der Waals surface area contributed by atoms with Crippen LogP contribution < -0.4 is 5.46 Å². The maximum absolute atomic E-state index is 10.7. The number of carbonyl (C=O) groups is 1. The molecule has 0 aliphatic carbocycles. The largest absolute Gasteiger partial charge is 0.494 e. The molecule has 2 rings (SSSR count). The standard InChI is InChI=1S/C16H21BO4/c1-11(10-14(18)19)12-6-8-13(9-7-12)17-20-15(2,3)16(4,5)21-17/h6-10H,1-5H3,(H,18,19)/b11-10-. The number of rotatable bonds is 3. The normalized spacial score (nSPS) is 20.6. The van der Waals surface area contributed by atoms with E-state index < -0.39 is 13.1 Å². The van der Waals surface area contributed by atoms with Gasteiger partial charge in [0.05, 0.1) is 11.2 Å². The van der Waals surface area contributed by atoms with Crippen LogP contribution in [0.3, 0.4) is 0 Å². The predicted molar refractivity (Wildman–Crippen MR) is 83.4 cm³/mol. The van der Waals surface area contributed by atoms with Crippen LogP contribution in [0.25, 0.3) is 5.57 Å². The fraction of sp³-hybridized carbons (Fsp3) is 0.438. The Kier molecular flexibility index (Phi) is 4.00. The third-order valence-electron chi connectivity index (χ3n) is 4.23. The van der Waals surface area contributed by atoms with Gasteiger partial charge in [0.15, 0.2) is 0 Å². The molecule has 1 aliphatic rings. The van der Waals surface area contributed by atoms with E-state index in [9.17, 15) is 4.79 Å². The summed E-state index contributed by atoms with van der Waals surface area (Å²) in [4.78, 5) is 10.7. The number of aliphatic carboxylic acids is 1. The first kappa shape index (κ1) is 15.8. The van der Waals surface area contributed by atoms with Gasteiger partial charge < -0.3 is 14.4 Å². The SMILES string of the molecule is C/C(=C/C(=O)O)c1ccc(B2OC(C)(C)C(C)(C)O2)cc1. The number of hydrogen-bond acceptors (Lipinski definition) is 3. The van der Waals surface area contributed by atoms with Crippen LogP contribution in [0, 0.1) is 0 Å². The number of carboxylic acid groups (broad SMARTS) is 1. The number of allylic oxidation sites excluding steroid dienone is 1. The van der Waals surface area contributed by atoms with Crippen molar-refractivity contribution in [3.05, 3.63) is 35.9 Å². The maximum atomic E-state index is 10.7. The summed E-state index contributed by atoms with van der Waals surface area (Å²) in [6, 6.07) is 7.59. The van der Waals surface area contributed by atoms with Gasteiger partial charge in [0.1, 0.15) is 0 Å². The van der Waals surface area contributed by atoms with Gasteiger partial charge in [-0.2, -0.15) is 0 Å². The van der Waals surface area contributed by atoms with E-state index in [1.54, 1.807) is 6.92 Å². The molecule has 1 N–H and O–H groups in total. The van der Waals surface area contributed by atoms with Gasteiger partial charge in [0, 0.05) is 6.08 Å². The first-order chi connectivity index (χ1) is 9.62. The van der Waals surface area contributed by atoms with Gasteiger partial charge >= 0.3 is 13.1 Å². The maximum Gasteiger partial charge on any atom is 0.494 e. The molecule has 0 radical (unpaired) electrons. The zero-order valence-corrected chi connectivity index (χ0v) is 13.1. The molecule has 1 saturated heterocycles. The van der Waals surface area contributed by atoms with Gasteiger partial charge in [-0.1, -0.05) is 24.3 Å². The van der Waals surface area contributed by atoms with E-state index >= 15 is 0 Å². The highest BCUT2D eigenvalue weighted by Crippen LogP contribution is 2.36. The molecule has 4 nitrogen and oxygen atoms in total. The third kappa shape index (κ3) is 3.19. The van der Waals surface area contributed by atoms with Crippen LogP contribution in [0.15, 0.2) is 30.3 Å². The van der Waals surface area contributed by atoms with Crippen molar-refractivity contribution in [2.45, 2.75) is 45.8 Å². The van der Waals surface area contributed by atoms with E-state index in [2.05, 4.69) is 0 Å². The summed E-state index contributed by atoms with van der Waals surface area (Å²) in [5, 5.41) is 8.77. The summed E-state index contributed by atoms with van der Waals surface area (Å²) < 4.78 is 12.0. The van der Waals surface area contributed by atoms with Crippen LogP contribution in [0.2, 0.25) is 0 Å². The zero-order valence-electron chi connectivity index (χ0n) is 13.1. The Hall–Kier alpha value is -1.59. The molecular weight excluding hydrogens is 267 g/mol. The molecule has 0 saturated carbocycles. The lowest BCUT2D eigenvalue weighted by molar-refractivity contribution is -0.131. The highest BCUT2D eigenvalue weighted by molar-refractivity contribution is 6.62. The van der Waals surface area contributed by atoms with Gasteiger partial charge in [-0.25, -0.2) is 4.79 Å². The minimum atomic E-state index is -0.942. The molecule has 21 heavy (non-hydrogen) atoms. The highest BCUT2D eigenvalue weighted by atomic mass is 16.7. The van der Waals surface area contributed by atoms with Crippen molar-refractivity contribution < 1.29 is 19.2 Å². The Labute approximate surface area is 125 Å². The molecule has 0 spiro atoms. The lowest BCUT2D eigenvalue weighted by atomic mass is 9.78. The zero-order chi connectivity index (χ0) is 15.8. The van der Waals surface area contributed by atoms with Crippen LogP contribution in [-0.2, 0) is 14.1 Å². The summed E-state index contributed by atoms with van der Waals surface area (Å²) in [6.07, 6.45) is 1.20. The molecule has 1 aromatic rings. The second kappa shape index (κ2) is 5.32. The second-order valence-electron chi connectivity index (χ2n) is 6.38. The van der Waals surface area contributed by atoms with Crippen LogP contribution in [0.4, 0.5) is 0 Å². The van der Waals surface area contributed by atoms with Crippen LogP contribution in [0.5, 0.6) is 0 Å². The molecule has 1 aromatic carbocycles. The lowest BCUT2D eigenvalue weighted by Crippen LogP contribution is -2.41. The molecule has 0 aromatic heterocycles. The molecule has 0 unspecified atom stereocenters. The number of carboxylic acids is 1. The number of hydrogen-bond donors (Lipinski definition) is 1. The molecule has 1 aliphatic heterocycles. The van der Waals surface area contributed by atoms with Gasteiger partial charge in [0.25, 0.3) is 0 Å². The summed E-state index contributed by atoms with van der Waals surface area (Å²) in [5.41, 5.74) is 1.78. The minimum absolute atomic E-state index is 0.366. The summed E-state index contributed by atoms with van der Waals surface area (Å²) in [5.74, 6) is -0.942. The van der Waals surface area contributed by atoms with E-state index in [0.29, 0.717) is 5.57 Å². The Morgan fingerprint density at radius 2 is 1.57 bits per heavy atom. The highest BCUT2D eigenvalue weighted by Gasteiger charge is 2.51. The first-order valence-electron chi connectivity index (χ1n) is 6.99. The van der Waals surface area contributed by atoms with Gasteiger partial charge in [-0.05, 0) is 51.2 Å². The number of benzene rings is 1. The van der Waals surface area contributed by atoms with Crippen molar-refractivity contribution in [1.29, 1.82) is 0 Å². The van der Waals surface area contributed by atoms with Gasteiger partial charge in [-0.3, -0.25) is 0 Å². The molecule has 1 heterocycles. The molecule has 0 amide bonds. The van der Waals surface area contributed by atoms with E-state index in [-0.39, 0.29) is 11.2 Å². The van der Waals surface area contributed by atoms with Crippen molar-refractivity contribution in [2.24, 2.45) is 0 Å². The summed E-state index contributed by atoms with van der Waals surface area (Å²) >= 11 is 0. The average Bonchev–Trinajstić information content (AvgIpc) is 2.58. The second-order valence-corrected chi connectivity index (χ2v) is 6.38. The van der Waals surface area contributed by atoms with E-state index in [0.717, 1.165) is 11.0 Å². The Bertz CT molecular complexity index is 556. The monoisotopic (exact) mass is 288 g/mol. The Morgan fingerprint density at radius 3 is 2.00 bits per heavy atom. The van der Waals surface area contributed by atoms with Crippen molar-refractivity contribution >= 4 is 24.1 Å². The fourth-order valence-electron chi connectivity index (χ4n) is 2.15. The summed E-state index contributed by atoms with van der Waals surface area (Å²) in [6.45, 7) is 9.84. The van der Waals surface area contributed by atoms with Crippen LogP contribution >= 0.6 is 0 Å². The third-order valence-corrected chi connectivity index (χ3v) is 4.23. The molecule has 1 fully saturated rings. The topological polar surface area (TPSA) is 55.8 Å². The molecule has 0 atom stereocenters. The first-order valence-corrected chi connectivity index (χ1v) is 6.99. The smallest absolute Gasteiger partial charge is 0.478 e. The van der Waals surface area contributed by atoms with Gasteiger partial charge in [-0.15, -0.1) is 0 Å². The van der Waals surface area contributed by atoms with Crippen molar-refractivity contribution in [3.8, 4) is 0 Å². The van der Waals surface area contributed by atoms with Crippen molar-refractivity contribution in [3.63, 3.8) is 0 Å². The van der Waals surface area contributed by atoms with Crippen molar-refractivity contribution in [1.82, 2.24) is 0 Å². The van der Waals surface area contributed by atoms with Crippen LogP contribution in [0.1, 0.15) is 40.2 Å². The molecule has 0 bridgehead atoms. The average molecular weight is 288 g/mol. The van der Waals surface area contributed by atoms with Crippen LogP contribution in [-0.4, -0.2) is 29.4 Å². The predicted octanol–water partition coefficient (Wildman–Crippen LogP) is 2.47. The summed E-state index contributed by atoms with van der Waals surface area (Å²) in [7, 11) is -0.396. The molecule has 5 heteroatoms. The lowest BCUT2D eigenvalue weighted by Gasteiger charge is -2.32. The van der Waals surface area contributed by atoms with E-state index in [4.69, 9.17) is 14.4 Å². The molecular formula is C16H21BO4. The van der Waals surface area contributed by atoms with Gasteiger partial charge in [0.2, 0.25) is 0 Å². The fourth-order valence-corrected chi connectivity index (χ4v) is 2.15. The Morgan fingerprint density at radius 1 is 1.10 bits per heavy atom. The van der Waals surface area contributed by atoms with E-state index in [1.165, 1.54) is 6.08 Å². The minimum Gasteiger partial charge on any atom is -0.478 e. The van der Waals surface area contributed by atoms with Crippen molar-refractivity contribution in [2.75, 3.05) is 0 Å². The Balaban J connectivity index is 2.20. The van der Waals surface area contributed by atoms with E-state index in [1.807, 2.05) is 52.0 Å².